The molecule has 2 rings (SSSR count). The smallest absolute Gasteiger partial charge is 0.119 e. The lowest BCUT2D eigenvalue weighted by atomic mass is 9.91. The van der Waals surface area contributed by atoms with E-state index < -0.39 is 0 Å². The van der Waals surface area contributed by atoms with Crippen LogP contribution in [0.1, 0.15) is 30.4 Å². The summed E-state index contributed by atoms with van der Waals surface area (Å²) in [6, 6.07) is 6.97. The molecule has 1 saturated carbocycles. The van der Waals surface area contributed by atoms with Crippen molar-refractivity contribution in [1.29, 1.82) is 0 Å². The van der Waals surface area contributed by atoms with Crippen molar-refractivity contribution in [2.24, 2.45) is 0 Å². The minimum absolute atomic E-state index is 0.236. The van der Waals surface area contributed by atoms with Crippen LogP contribution in [-0.2, 0) is 0 Å². The Bertz CT molecular complexity index is 381. The zero-order valence-corrected chi connectivity index (χ0v) is 12.1. The number of aliphatic hydroxyl groups excluding tert-OH is 1. The lowest BCUT2D eigenvalue weighted by Crippen LogP contribution is -2.43. The zero-order valence-electron chi connectivity index (χ0n) is 12.1. The summed E-state index contributed by atoms with van der Waals surface area (Å²) in [5.74, 6) is 0.954. The first kappa shape index (κ1) is 14.4. The maximum Gasteiger partial charge on any atom is 0.119 e. The number of hydrogen-bond donors (Lipinski definition) is 1. The van der Waals surface area contributed by atoms with Gasteiger partial charge in [-0.05, 0) is 49.9 Å². The molecule has 0 spiro atoms. The summed E-state index contributed by atoms with van der Waals surface area (Å²) in [5.41, 5.74) is 2.47. The van der Waals surface area contributed by atoms with Crippen molar-refractivity contribution in [3.8, 4) is 5.75 Å². The van der Waals surface area contributed by atoms with Crippen LogP contribution in [0.3, 0.4) is 0 Å². The Labute approximate surface area is 116 Å². The van der Waals surface area contributed by atoms with Crippen molar-refractivity contribution in [2.75, 3.05) is 26.3 Å². The van der Waals surface area contributed by atoms with Crippen molar-refractivity contribution >= 4 is 0 Å². The van der Waals surface area contributed by atoms with Crippen LogP contribution in [0, 0.1) is 13.8 Å². The average molecular weight is 263 g/mol. The van der Waals surface area contributed by atoms with E-state index in [-0.39, 0.29) is 6.61 Å². The summed E-state index contributed by atoms with van der Waals surface area (Å²) in [7, 11) is 0. The molecule has 1 N–H and O–H groups in total. The second kappa shape index (κ2) is 6.92. The Kier molecular flexibility index (Phi) is 5.23. The Morgan fingerprint density at radius 2 is 1.84 bits per heavy atom. The normalized spacial score (nSPS) is 15.6. The molecule has 0 aromatic heterocycles. The van der Waals surface area contributed by atoms with Crippen LogP contribution in [0.5, 0.6) is 5.75 Å². The van der Waals surface area contributed by atoms with Crippen LogP contribution in [0.25, 0.3) is 0 Å². The molecule has 1 fully saturated rings. The van der Waals surface area contributed by atoms with Crippen molar-refractivity contribution in [1.82, 2.24) is 4.90 Å². The van der Waals surface area contributed by atoms with Crippen LogP contribution in [-0.4, -0.2) is 42.4 Å². The number of ether oxygens (including phenoxy) is 1. The first-order valence-electron chi connectivity index (χ1n) is 7.25. The molecule has 0 radical (unpaired) electrons. The summed E-state index contributed by atoms with van der Waals surface area (Å²) in [5, 5.41) is 9.11. The molecule has 19 heavy (non-hydrogen) atoms. The highest BCUT2D eigenvalue weighted by Crippen LogP contribution is 2.24. The number of rotatable bonds is 7. The van der Waals surface area contributed by atoms with E-state index in [9.17, 15) is 0 Å². The molecule has 0 heterocycles. The van der Waals surface area contributed by atoms with Crippen molar-refractivity contribution in [3.05, 3.63) is 29.3 Å². The van der Waals surface area contributed by atoms with Crippen molar-refractivity contribution < 1.29 is 9.84 Å². The largest absolute Gasteiger partial charge is 0.492 e. The lowest BCUT2D eigenvalue weighted by molar-refractivity contribution is 0.0860. The fraction of sp³-hybridized carbons (Fsp3) is 0.625. The van der Waals surface area contributed by atoms with Gasteiger partial charge in [-0.25, -0.2) is 0 Å². The van der Waals surface area contributed by atoms with Crippen molar-refractivity contribution in [3.63, 3.8) is 0 Å². The zero-order chi connectivity index (χ0) is 13.7. The number of aliphatic hydroxyl groups is 1. The molecular formula is C16H25NO2. The fourth-order valence-corrected chi connectivity index (χ4v) is 2.65. The van der Waals surface area contributed by atoms with Gasteiger partial charge in [-0.1, -0.05) is 12.5 Å². The van der Waals surface area contributed by atoms with Gasteiger partial charge in [0.05, 0.1) is 6.61 Å². The fourth-order valence-electron chi connectivity index (χ4n) is 2.65. The van der Waals surface area contributed by atoms with E-state index in [1.807, 2.05) is 0 Å². The third-order valence-corrected chi connectivity index (χ3v) is 3.82. The number of aryl methyl sites for hydroxylation is 2. The molecule has 0 bridgehead atoms. The van der Waals surface area contributed by atoms with Crippen LogP contribution in [0.4, 0.5) is 0 Å². The summed E-state index contributed by atoms with van der Waals surface area (Å²) in [6.07, 6.45) is 3.86. The van der Waals surface area contributed by atoms with Gasteiger partial charge in [0.25, 0.3) is 0 Å². The van der Waals surface area contributed by atoms with Gasteiger partial charge in [0.15, 0.2) is 0 Å². The monoisotopic (exact) mass is 263 g/mol. The van der Waals surface area contributed by atoms with E-state index in [1.54, 1.807) is 0 Å². The highest BCUT2D eigenvalue weighted by Gasteiger charge is 2.24. The lowest BCUT2D eigenvalue weighted by Gasteiger charge is -2.37. The SMILES string of the molecule is Cc1cc(C)cc(OCCN(CCO)C2CCC2)c1. The van der Waals surface area contributed by atoms with E-state index in [0.717, 1.165) is 18.8 Å². The minimum atomic E-state index is 0.236. The van der Waals surface area contributed by atoms with Crippen LogP contribution < -0.4 is 4.74 Å². The van der Waals surface area contributed by atoms with Gasteiger partial charge >= 0.3 is 0 Å². The van der Waals surface area contributed by atoms with Gasteiger partial charge in [0.2, 0.25) is 0 Å². The number of hydrogen-bond acceptors (Lipinski definition) is 3. The first-order chi connectivity index (χ1) is 9.19. The van der Waals surface area contributed by atoms with Gasteiger partial charge < -0.3 is 9.84 Å². The highest BCUT2D eigenvalue weighted by atomic mass is 16.5. The second-order valence-electron chi connectivity index (χ2n) is 5.52. The number of nitrogens with zero attached hydrogens (tertiary/aromatic N) is 1. The van der Waals surface area contributed by atoms with Gasteiger partial charge in [0, 0.05) is 19.1 Å². The molecule has 0 unspecified atom stereocenters. The van der Waals surface area contributed by atoms with Gasteiger partial charge in [-0.3, -0.25) is 4.90 Å². The second-order valence-corrected chi connectivity index (χ2v) is 5.52. The molecule has 0 amide bonds. The van der Waals surface area contributed by atoms with E-state index in [4.69, 9.17) is 9.84 Å². The molecule has 106 valence electrons. The van der Waals surface area contributed by atoms with E-state index in [2.05, 4.69) is 36.9 Å². The highest BCUT2D eigenvalue weighted by molar-refractivity contribution is 5.32. The Balaban J connectivity index is 1.80. The molecule has 3 nitrogen and oxygen atoms in total. The van der Waals surface area contributed by atoms with Crippen LogP contribution >= 0.6 is 0 Å². The molecule has 1 aromatic rings. The van der Waals surface area contributed by atoms with Crippen LogP contribution in [0.2, 0.25) is 0 Å². The van der Waals surface area contributed by atoms with E-state index in [1.165, 1.54) is 30.4 Å². The first-order valence-corrected chi connectivity index (χ1v) is 7.25. The molecule has 0 atom stereocenters. The van der Waals surface area contributed by atoms with Gasteiger partial charge in [-0.15, -0.1) is 0 Å². The van der Waals surface area contributed by atoms with Gasteiger partial charge in [0.1, 0.15) is 12.4 Å². The number of benzene rings is 1. The molecule has 1 aliphatic carbocycles. The predicted molar refractivity (Wildman–Crippen MR) is 77.7 cm³/mol. The summed E-state index contributed by atoms with van der Waals surface area (Å²) in [6.45, 7) is 6.77. The molecule has 0 aliphatic heterocycles. The average Bonchev–Trinajstić information content (AvgIpc) is 2.25. The molecule has 1 aliphatic rings. The Morgan fingerprint density at radius 3 is 2.37 bits per heavy atom. The molecule has 1 aromatic carbocycles. The van der Waals surface area contributed by atoms with E-state index >= 15 is 0 Å². The van der Waals surface area contributed by atoms with Crippen molar-refractivity contribution in [2.45, 2.75) is 39.2 Å². The molecular weight excluding hydrogens is 238 g/mol. The van der Waals surface area contributed by atoms with Crippen LogP contribution in [0.15, 0.2) is 18.2 Å². The quantitative estimate of drug-likeness (QED) is 0.820. The maximum atomic E-state index is 9.11. The Morgan fingerprint density at radius 1 is 1.16 bits per heavy atom. The molecule has 3 heteroatoms. The third kappa shape index (κ3) is 4.22. The predicted octanol–water partition coefficient (Wildman–Crippen LogP) is 2.53. The van der Waals surface area contributed by atoms with E-state index in [0.29, 0.717) is 12.6 Å². The molecule has 0 saturated heterocycles. The third-order valence-electron chi connectivity index (χ3n) is 3.82. The maximum absolute atomic E-state index is 9.11. The minimum Gasteiger partial charge on any atom is -0.492 e. The van der Waals surface area contributed by atoms with Gasteiger partial charge in [-0.2, -0.15) is 0 Å². The summed E-state index contributed by atoms with van der Waals surface area (Å²) in [4.78, 5) is 2.35. The topological polar surface area (TPSA) is 32.7 Å². The Hall–Kier alpha value is -1.06. The standard InChI is InChI=1S/C16H25NO2/c1-13-10-14(2)12-16(11-13)19-9-7-17(6-8-18)15-4-3-5-15/h10-12,15,18H,3-9H2,1-2H3. The summed E-state index contributed by atoms with van der Waals surface area (Å²) >= 11 is 0. The summed E-state index contributed by atoms with van der Waals surface area (Å²) < 4.78 is 5.84.